The molecule has 4 saturated carbocycles. The van der Waals surface area contributed by atoms with Crippen LogP contribution < -0.4 is 10.1 Å². The van der Waals surface area contributed by atoms with E-state index in [0.29, 0.717) is 24.5 Å². The van der Waals surface area contributed by atoms with Gasteiger partial charge in [-0.2, -0.15) is 0 Å². The van der Waals surface area contributed by atoms with E-state index in [1.807, 2.05) is 29.6 Å². The predicted octanol–water partition coefficient (Wildman–Crippen LogP) is 6.03. The van der Waals surface area contributed by atoms with Crippen molar-refractivity contribution in [3.63, 3.8) is 0 Å². The summed E-state index contributed by atoms with van der Waals surface area (Å²) >= 11 is 1.53. The van der Waals surface area contributed by atoms with Gasteiger partial charge in [0.25, 0.3) is 5.91 Å². The summed E-state index contributed by atoms with van der Waals surface area (Å²) in [6.45, 7) is 0.486. The fourth-order valence-electron chi connectivity index (χ4n) is 6.38. The number of rotatable bonds is 5. The number of thiophene rings is 1. The molecule has 30 heavy (non-hydrogen) atoms. The number of benzene rings is 2. The van der Waals surface area contributed by atoms with Crippen LogP contribution in [0.5, 0.6) is 5.75 Å². The van der Waals surface area contributed by atoms with Gasteiger partial charge in [0, 0.05) is 11.6 Å². The first-order valence-corrected chi connectivity index (χ1v) is 12.1. The van der Waals surface area contributed by atoms with E-state index in [1.165, 1.54) is 54.2 Å². The van der Waals surface area contributed by atoms with Gasteiger partial charge < -0.3 is 10.1 Å². The van der Waals surface area contributed by atoms with Gasteiger partial charge in [0.05, 0.1) is 4.88 Å². The molecule has 4 bridgehead atoms. The van der Waals surface area contributed by atoms with Gasteiger partial charge in [-0.3, -0.25) is 4.79 Å². The molecule has 2 aromatic carbocycles. The molecular formula is C26H27NO2S. The highest BCUT2D eigenvalue weighted by atomic mass is 32.1. The largest absolute Gasteiger partial charge is 0.489 e. The maximum atomic E-state index is 12.9. The summed E-state index contributed by atoms with van der Waals surface area (Å²) < 4.78 is 6.00. The average molecular weight is 418 g/mol. The van der Waals surface area contributed by atoms with Crippen molar-refractivity contribution in [2.75, 3.05) is 0 Å². The molecule has 4 heteroatoms. The molecule has 0 spiro atoms. The molecule has 1 aromatic heterocycles. The smallest absolute Gasteiger partial charge is 0.261 e. The zero-order valence-corrected chi connectivity index (χ0v) is 17.9. The molecule has 1 amide bonds. The first-order chi connectivity index (χ1) is 14.7. The van der Waals surface area contributed by atoms with E-state index < -0.39 is 0 Å². The molecule has 4 fully saturated rings. The first-order valence-electron chi connectivity index (χ1n) is 11.2. The molecule has 0 unspecified atom stereocenters. The maximum absolute atomic E-state index is 12.9. The van der Waals surface area contributed by atoms with Gasteiger partial charge in [0.15, 0.2) is 0 Å². The van der Waals surface area contributed by atoms with Crippen LogP contribution in [0.4, 0.5) is 0 Å². The standard InChI is InChI=1S/C26H27NO2S/c28-26(27-25-21-8-16-7-17(10-21)11-22(25)9-16)24-12-18(15-30-24)14-29-23-6-5-19-3-1-2-4-20(19)13-23/h1-6,12-13,15-17,21-22,25H,7-11,14H2,(H,27,28). The Bertz CT molecular complexity index is 1060. The number of ether oxygens (including phenoxy) is 1. The molecule has 4 aliphatic carbocycles. The minimum absolute atomic E-state index is 0.106. The van der Waals surface area contributed by atoms with Crippen molar-refractivity contribution in [1.29, 1.82) is 0 Å². The molecule has 0 atom stereocenters. The molecule has 0 radical (unpaired) electrons. The number of hydrogen-bond donors (Lipinski definition) is 1. The van der Waals surface area contributed by atoms with Crippen LogP contribution in [-0.4, -0.2) is 11.9 Å². The van der Waals surface area contributed by atoms with E-state index >= 15 is 0 Å². The maximum Gasteiger partial charge on any atom is 0.261 e. The SMILES string of the molecule is O=C(NC1C2CC3CC(C2)CC1C3)c1cc(COc2ccc3ccccc3c2)cs1. The summed E-state index contributed by atoms with van der Waals surface area (Å²) in [5.41, 5.74) is 1.06. The highest BCUT2D eigenvalue weighted by Crippen LogP contribution is 2.53. The van der Waals surface area contributed by atoms with Gasteiger partial charge >= 0.3 is 0 Å². The molecule has 3 nitrogen and oxygen atoms in total. The molecule has 1 N–H and O–H groups in total. The summed E-state index contributed by atoms with van der Waals surface area (Å²) in [4.78, 5) is 13.7. The topological polar surface area (TPSA) is 38.3 Å². The van der Waals surface area contributed by atoms with Crippen LogP contribution in [-0.2, 0) is 6.61 Å². The van der Waals surface area contributed by atoms with Crippen molar-refractivity contribution in [2.24, 2.45) is 23.7 Å². The molecule has 3 aromatic rings. The number of carbonyl (C=O) groups is 1. The zero-order chi connectivity index (χ0) is 20.1. The lowest BCUT2D eigenvalue weighted by Crippen LogP contribution is -2.55. The Balaban J connectivity index is 1.09. The fraction of sp³-hybridized carbons (Fsp3) is 0.423. The van der Waals surface area contributed by atoms with Gasteiger partial charge in [0.1, 0.15) is 12.4 Å². The zero-order valence-electron chi connectivity index (χ0n) is 17.1. The van der Waals surface area contributed by atoms with E-state index in [4.69, 9.17) is 4.74 Å². The summed E-state index contributed by atoms with van der Waals surface area (Å²) in [7, 11) is 0. The van der Waals surface area contributed by atoms with Crippen LogP contribution in [0.25, 0.3) is 10.8 Å². The number of hydrogen-bond acceptors (Lipinski definition) is 3. The lowest BCUT2D eigenvalue weighted by atomic mass is 9.54. The monoisotopic (exact) mass is 417 g/mol. The van der Waals surface area contributed by atoms with E-state index in [-0.39, 0.29) is 5.91 Å². The normalized spacial score (nSPS) is 29.3. The third kappa shape index (κ3) is 3.41. The van der Waals surface area contributed by atoms with Gasteiger partial charge in [-0.15, -0.1) is 11.3 Å². The Labute approximate surface area is 181 Å². The third-order valence-corrected chi connectivity index (χ3v) is 8.51. The van der Waals surface area contributed by atoms with Crippen LogP contribution in [0.15, 0.2) is 53.9 Å². The van der Waals surface area contributed by atoms with E-state index in [0.717, 1.165) is 28.0 Å². The number of nitrogens with one attached hydrogen (secondary N) is 1. The molecule has 7 rings (SSSR count). The van der Waals surface area contributed by atoms with Crippen molar-refractivity contribution in [3.8, 4) is 5.75 Å². The van der Waals surface area contributed by atoms with E-state index in [1.54, 1.807) is 0 Å². The lowest BCUT2D eigenvalue weighted by Gasteiger charge is -2.54. The molecule has 0 saturated heterocycles. The Kier molecular flexibility index (Phi) is 4.56. The number of amides is 1. The van der Waals surface area contributed by atoms with E-state index in [2.05, 4.69) is 29.6 Å². The first kappa shape index (κ1) is 18.4. The second-order valence-corrected chi connectivity index (χ2v) is 10.5. The molecule has 1 heterocycles. The van der Waals surface area contributed by atoms with Crippen LogP contribution in [0, 0.1) is 23.7 Å². The highest BCUT2D eigenvalue weighted by molar-refractivity contribution is 7.12. The molecular weight excluding hydrogens is 390 g/mol. The lowest BCUT2D eigenvalue weighted by molar-refractivity contribution is -0.0119. The van der Waals surface area contributed by atoms with Crippen molar-refractivity contribution in [1.82, 2.24) is 5.32 Å². The quantitative estimate of drug-likeness (QED) is 0.550. The van der Waals surface area contributed by atoms with Crippen LogP contribution in [0.3, 0.4) is 0 Å². The highest BCUT2D eigenvalue weighted by Gasteiger charge is 2.48. The average Bonchev–Trinajstić information content (AvgIpc) is 3.23. The van der Waals surface area contributed by atoms with Crippen molar-refractivity contribution >= 4 is 28.0 Å². The van der Waals surface area contributed by atoms with Gasteiger partial charge in [-0.25, -0.2) is 0 Å². The van der Waals surface area contributed by atoms with Crippen LogP contribution >= 0.6 is 11.3 Å². The Morgan fingerprint density at radius 1 is 0.933 bits per heavy atom. The minimum Gasteiger partial charge on any atom is -0.489 e. The van der Waals surface area contributed by atoms with Gasteiger partial charge in [0.2, 0.25) is 0 Å². The van der Waals surface area contributed by atoms with Crippen molar-refractivity contribution < 1.29 is 9.53 Å². The summed E-state index contributed by atoms with van der Waals surface area (Å²) in [6.07, 6.45) is 6.75. The number of carbonyl (C=O) groups excluding carboxylic acids is 1. The Hall–Kier alpha value is -2.33. The second kappa shape index (κ2) is 7.42. The summed E-state index contributed by atoms with van der Waals surface area (Å²) in [5, 5.41) is 7.85. The van der Waals surface area contributed by atoms with Crippen LogP contribution in [0.1, 0.15) is 47.3 Å². The van der Waals surface area contributed by atoms with Crippen molar-refractivity contribution in [3.05, 3.63) is 64.4 Å². The predicted molar refractivity (Wildman–Crippen MR) is 121 cm³/mol. The van der Waals surface area contributed by atoms with Gasteiger partial charge in [-0.05, 0) is 90.1 Å². The fourth-order valence-corrected chi connectivity index (χ4v) is 7.18. The van der Waals surface area contributed by atoms with E-state index in [9.17, 15) is 4.79 Å². The number of fused-ring (bicyclic) bond motifs is 1. The molecule has 0 aliphatic heterocycles. The Morgan fingerprint density at radius 2 is 1.67 bits per heavy atom. The molecule has 4 aliphatic rings. The summed E-state index contributed by atoms with van der Waals surface area (Å²) in [6, 6.07) is 16.8. The van der Waals surface area contributed by atoms with Crippen molar-refractivity contribution in [2.45, 2.75) is 44.8 Å². The minimum atomic E-state index is 0.106. The Morgan fingerprint density at radius 3 is 2.43 bits per heavy atom. The second-order valence-electron chi connectivity index (χ2n) is 9.55. The third-order valence-electron chi connectivity index (χ3n) is 7.53. The van der Waals surface area contributed by atoms with Crippen LogP contribution in [0.2, 0.25) is 0 Å². The summed E-state index contributed by atoms with van der Waals surface area (Å²) in [5.74, 6) is 4.25. The molecule has 154 valence electrons. The van der Waals surface area contributed by atoms with Gasteiger partial charge in [-0.1, -0.05) is 30.3 Å².